The summed E-state index contributed by atoms with van der Waals surface area (Å²) < 4.78 is 0. The first-order valence-electron chi connectivity index (χ1n) is 9.74. The Labute approximate surface area is 182 Å². The van der Waals surface area contributed by atoms with Crippen LogP contribution in [0.25, 0.3) is 0 Å². The van der Waals surface area contributed by atoms with Crippen molar-refractivity contribution in [2.75, 3.05) is 13.6 Å². The Bertz CT molecular complexity index is 875. The average molecular weight is 433 g/mol. The molecule has 0 radical (unpaired) electrons. The van der Waals surface area contributed by atoms with Crippen LogP contribution in [-0.4, -0.2) is 30.4 Å². The molecular weight excluding hydrogens is 407 g/mol. The summed E-state index contributed by atoms with van der Waals surface area (Å²) in [5.74, 6) is 0.858. The number of hydrogen-bond donors (Lipinski definition) is 2. The Balaban J connectivity index is 1.41. The zero-order valence-corrected chi connectivity index (χ0v) is 18.2. The van der Waals surface area contributed by atoms with Gasteiger partial charge >= 0.3 is 0 Å². The number of carbonyl (C=O) groups excluding carboxylic acids is 1. The molecule has 0 fully saturated rings. The lowest BCUT2D eigenvalue weighted by molar-refractivity contribution is -0.131. The van der Waals surface area contributed by atoms with Crippen LogP contribution in [0.5, 0.6) is 0 Å². The molecule has 2 aromatic rings. The molecule has 154 valence electrons. The third-order valence-electron chi connectivity index (χ3n) is 5.06. The first-order valence-corrected chi connectivity index (χ1v) is 10.5. The number of halogens is 2. The molecule has 1 aliphatic rings. The summed E-state index contributed by atoms with van der Waals surface area (Å²) in [6.45, 7) is 4.10. The molecule has 5 nitrogen and oxygen atoms in total. The summed E-state index contributed by atoms with van der Waals surface area (Å²) in [6, 6.07) is 13.6. The quantitative estimate of drug-likeness (QED) is 0.400. The van der Waals surface area contributed by atoms with E-state index < -0.39 is 0 Å². The van der Waals surface area contributed by atoms with Crippen molar-refractivity contribution in [2.45, 2.75) is 38.9 Å². The number of fused-ring (bicyclic) bond motifs is 1. The van der Waals surface area contributed by atoms with Crippen molar-refractivity contribution >= 4 is 35.1 Å². The second kappa shape index (κ2) is 9.99. The third-order valence-corrected chi connectivity index (χ3v) is 5.62. The maximum atomic E-state index is 12.5. The molecule has 0 saturated heterocycles. The molecule has 0 saturated carbocycles. The maximum Gasteiger partial charge on any atom is 0.223 e. The van der Waals surface area contributed by atoms with E-state index in [0.717, 1.165) is 12.0 Å². The van der Waals surface area contributed by atoms with E-state index in [1.807, 2.05) is 36.1 Å². The minimum atomic E-state index is -0.0318. The van der Waals surface area contributed by atoms with Crippen LogP contribution in [0.4, 0.5) is 0 Å². The van der Waals surface area contributed by atoms with Gasteiger partial charge in [0.15, 0.2) is 5.96 Å². The van der Waals surface area contributed by atoms with Crippen LogP contribution in [0.2, 0.25) is 10.0 Å². The Kier molecular flexibility index (Phi) is 7.40. The fourth-order valence-corrected chi connectivity index (χ4v) is 4.02. The van der Waals surface area contributed by atoms with E-state index in [2.05, 4.69) is 27.8 Å². The van der Waals surface area contributed by atoms with Gasteiger partial charge < -0.3 is 15.5 Å². The number of rotatable bonds is 6. The minimum Gasteiger partial charge on any atom is -0.356 e. The predicted octanol–water partition coefficient (Wildman–Crippen LogP) is 4.54. The van der Waals surface area contributed by atoms with Crippen LogP contribution < -0.4 is 10.6 Å². The van der Waals surface area contributed by atoms with E-state index in [9.17, 15) is 4.79 Å². The molecule has 1 amide bonds. The number of carbonyl (C=O) groups is 1. The molecule has 2 N–H and O–H groups in total. The van der Waals surface area contributed by atoms with E-state index in [0.29, 0.717) is 42.1 Å². The molecule has 7 heteroatoms. The van der Waals surface area contributed by atoms with Gasteiger partial charge in [-0.25, -0.2) is 0 Å². The van der Waals surface area contributed by atoms with Crippen molar-refractivity contribution in [3.63, 3.8) is 0 Å². The van der Waals surface area contributed by atoms with Crippen LogP contribution in [-0.2, 0) is 17.9 Å². The van der Waals surface area contributed by atoms with E-state index in [1.165, 1.54) is 11.1 Å². The molecule has 0 aliphatic carbocycles. The number of benzene rings is 2. The normalized spacial score (nSPS) is 14.5. The zero-order valence-electron chi connectivity index (χ0n) is 16.7. The molecule has 1 atom stereocenters. The molecule has 3 rings (SSSR count). The lowest BCUT2D eigenvalue weighted by atomic mass is 10.1. The molecule has 2 aromatic carbocycles. The zero-order chi connectivity index (χ0) is 20.8. The molecule has 0 aromatic heterocycles. The number of hydrogen-bond acceptors (Lipinski definition) is 2. The standard InChI is InChI=1S/C22H26Cl2N4O/c1-15(19-10-9-18(23)12-20(19)24)27-22(25-2)26-11-5-8-21(29)28-13-16-6-3-4-7-17(16)14-28/h3-4,6-7,9-10,12,15H,5,8,11,13-14H2,1-2H3,(H2,25,26,27). The van der Waals surface area contributed by atoms with E-state index >= 15 is 0 Å². The Hall–Kier alpha value is -2.24. The lowest BCUT2D eigenvalue weighted by Crippen LogP contribution is -2.39. The first-order chi connectivity index (χ1) is 14.0. The van der Waals surface area contributed by atoms with Crippen molar-refractivity contribution in [3.05, 3.63) is 69.2 Å². The van der Waals surface area contributed by atoms with Gasteiger partial charge in [-0.1, -0.05) is 53.5 Å². The van der Waals surface area contributed by atoms with Crippen molar-refractivity contribution < 1.29 is 4.79 Å². The van der Waals surface area contributed by atoms with Gasteiger partial charge in [0.25, 0.3) is 0 Å². The van der Waals surface area contributed by atoms with Crippen molar-refractivity contribution in [3.8, 4) is 0 Å². The largest absolute Gasteiger partial charge is 0.356 e. The van der Waals surface area contributed by atoms with Crippen molar-refractivity contribution in [1.29, 1.82) is 0 Å². The summed E-state index contributed by atoms with van der Waals surface area (Å²) >= 11 is 12.2. The van der Waals surface area contributed by atoms with Crippen LogP contribution in [0, 0.1) is 0 Å². The monoisotopic (exact) mass is 432 g/mol. The SMILES string of the molecule is CN=C(NCCCC(=O)N1Cc2ccccc2C1)NC(C)c1ccc(Cl)cc1Cl. The minimum absolute atomic E-state index is 0.0318. The van der Waals surface area contributed by atoms with Crippen LogP contribution >= 0.6 is 23.2 Å². The van der Waals surface area contributed by atoms with E-state index in [1.54, 1.807) is 13.1 Å². The predicted molar refractivity (Wildman–Crippen MR) is 119 cm³/mol. The van der Waals surface area contributed by atoms with Gasteiger partial charge in [-0.05, 0) is 42.2 Å². The van der Waals surface area contributed by atoms with Gasteiger partial charge in [-0.15, -0.1) is 0 Å². The molecular formula is C22H26Cl2N4O. The highest BCUT2D eigenvalue weighted by Gasteiger charge is 2.22. The van der Waals surface area contributed by atoms with Gasteiger partial charge in [0.2, 0.25) is 5.91 Å². The summed E-state index contributed by atoms with van der Waals surface area (Å²) in [5, 5.41) is 7.80. The number of amides is 1. The number of aliphatic imine (C=N–C) groups is 1. The van der Waals surface area contributed by atoms with Gasteiger partial charge in [0.1, 0.15) is 0 Å². The van der Waals surface area contributed by atoms with Crippen LogP contribution in [0.15, 0.2) is 47.5 Å². The van der Waals surface area contributed by atoms with Crippen molar-refractivity contribution in [1.82, 2.24) is 15.5 Å². The summed E-state index contributed by atoms with van der Waals surface area (Å²) in [6.07, 6.45) is 1.25. The molecule has 1 unspecified atom stereocenters. The smallest absolute Gasteiger partial charge is 0.223 e. The highest BCUT2D eigenvalue weighted by molar-refractivity contribution is 6.35. The van der Waals surface area contributed by atoms with Gasteiger partial charge in [0, 0.05) is 43.1 Å². The van der Waals surface area contributed by atoms with E-state index in [4.69, 9.17) is 23.2 Å². The molecule has 0 bridgehead atoms. The molecule has 29 heavy (non-hydrogen) atoms. The maximum absolute atomic E-state index is 12.5. The summed E-state index contributed by atoms with van der Waals surface area (Å²) in [4.78, 5) is 18.7. The Morgan fingerprint density at radius 2 is 1.86 bits per heavy atom. The molecule has 0 spiro atoms. The second-order valence-corrected chi connectivity index (χ2v) is 8.00. The van der Waals surface area contributed by atoms with Gasteiger partial charge in [-0.3, -0.25) is 9.79 Å². The molecule has 1 heterocycles. The third kappa shape index (κ3) is 5.64. The van der Waals surface area contributed by atoms with Gasteiger partial charge in [-0.2, -0.15) is 0 Å². The second-order valence-electron chi connectivity index (χ2n) is 7.15. The topological polar surface area (TPSA) is 56.7 Å². The molecule has 1 aliphatic heterocycles. The Morgan fingerprint density at radius 1 is 1.17 bits per heavy atom. The lowest BCUT2D eigenvalue weighted by Gasteiger charge is -2.20. The number of nitrogens with zero attached hydrogens (tertiary/aromatic N) is 2. The average Bonchev–Trinajstić information content (AvgIpc) is 3.14. The highest BCUT2D eigenvalue weighted by atomic mass is 35.5. The fraction of sp³-hybridized carbons (Fsp3) is 0.364. The van der Waals surface area contributed by atoms with Gasteiger partial charge in [0.05, 0.1) is 6.04 Å². The Morgan fingerprint density at radius 3 is 2.48 bits per heavy atom. The fourth-order valence-electron chi connectivity index (χ4n) is 3.44. The summed E-state index contributed by atoms with van der Waals surface area (Å²) in [5.41, 5.74) is 3.44. The van der Waals surface area contributed by atoms with Crippen LogP contribution in [0.3, 0.4) is 0 Å². The first kappa shape index (κ1) is 21.5. The van der Waals surface area contributed by atoms with Crippen LogP contribution in [0.1, 0.15) is 42.5 Å². The number of guanidine groups is 1. The highest BCUT2D eigenvalue weighted by Crippen LogP contribution is 2.26. The van der Waals surface area contributed by atoms with E-state index in [-0.39, 0.29) is 11.9 Å². The number of nitrogens with one attached hydrogen (secondary N) is 2. The van der Waals surface area contributed by atoms with Crippen molar-refractivity contribution in [2.24, 2.45) is 4.99 Å². The summed E-state index contributed by atoms with van der Waals surface area (Å²) in [7, 11) is 1.72.